The molecule has 1 saturated carbocycles. The van der Waals surface area contributed by atoms with Crippen molar-refractivity contribution in [3.8, 4) is 5.75 Å². The van der Waals surface area contributed by atoms with E-state index in [1.807, 2.05) is 31.2 Å². The largest absolute Gasteiger partial charge is 0.493 e. The zero-order valence-electron chi connectivity index (χ0n) is 11.5. The standard InChI is InChI=1S/C15H19NO4/c1-10-4-2-3-5-12(10)20-9-8-13(17)16-14(15(18)19)11-6-7-11/h2-5,11,14H,6-9H2,1H3,(H,16,17)(H,18,19). The number of carbonyl (C=O) groups excluding carboxylic acids is 1. The van der Waals surface area contributed by atoms with E-state index in [2.05, 4.69) is 5.32 Å². The fraction of sp³-hybridized carbons (Fsp3) is 0.467. The first-order chi connectivity index (χ1) is 9.58. The van der Waals surface area contributed by atoms with Crippen LogP contribution in [0.5, 0.6) is 5.75 Å². The summed E-state index contributed by atoms with van der Waals surface area (Å²) in [6.07, 6.45) is 1.90. The van der Waals surface area contributed by atoms with Crippen LogP contribution in [0.2, 0.25) is 0 Å². The molecule has 5 heteroatoms. The van der Waals surface area contributed by atoms with E-state index in [9.17, 15) is 9.59 Å². The van der Waals surface area contributed by atoms with Crippen LogP contribution >= 0.6 is 0 Å². The van der Waals surface area contributed by atoms with E-state index in [1.54, 1.807) is 0 Å². The Hall–Kier alpha value is -2.04. The van der Waals surface area contributed by atoms with Gasteiger partial charge in [0.1, 0.15) is 11.8 Å². The molecule has 0 spiro atoms. The Morgan fingerprint density at radius 1 is 1.40 bits per heavy atom. The number of hydrogen-bond donors (Lipinski definition) is 2. The number of rotatable bonds is 7. The second-order valence-corrected chi connectivity index (χ2v) is 5.08. The number of amides is 1. The second kappa shape index (κ2) is 6.41. The van der Waals surface area contributed by atoms with E-state index in [-0.39, 0.29) is 24.9 Å². The molecule has 0 aromatic heterocycles. The SMILES string of the molecule is Cc1ccccc1OCCC(=O)NC(C(=O)O)C1CC1. The van der Waals surface area contributed by atoms with E-state index < -0.39 is 12.0 Å². The highest BCUT2D eigenvalue weighted by Gasteiger charge is 2.37. The van der Waals surface area contributed by atoms with Crippen LogP contribution in [0.3, 0.4) is 0 Å². The molecule has 2 N–H and O–H groups in total. The van der Waals surface area contributed by atoms with Crippen LogP contribution in [0.25, 0.3) is 0 Å². The first-order valence-corrected chi connectivity index (χ1v) is 6.78. The number of para-hydroxylation sites is 1. The molecule has 0 bridgehead atoms. The van der Waals surface area contributed by atoms with Crippen molar-refractivity contribution in [3.05, 3.63) is 29.8 Å². The van der Waals surface area contributed by atoms with Crippen LogP contribution < -0.4 is 10.1 Å². The molecular weight excluding hydrogens is 258 g/mol. The number of carboxylic acid groups (broad SMARTS) is 1. The predicted octanol–water partition coefficient (Wildman–Crippen LogP) is 1.74. The van der Waals surface area contributed by atoms with Crippen molar-refractivity contribution in [2.75, 3.05) is 6.61 Å². The molecule has 1 aliphatic carbocycles. The lowest BCUT2D eigenvalue weighted by atomic mass is 10.2. The summed E-state index contributed by atoms with van der Waals surface area (Å²) in [4.78, 5) is 22.7. The van der Waals surface area contributed by atoms with Gasteiger partial charge in [0.15, 0.2) is 0 Å². The molecule has 1 aromatic carbocycles. The Bertz CT molecular complexity index is 496. The summed E-state index contributed by atoms with van der Waals surface area (Å²) < 4.78 is 5.52. The Morgan fingerprint density at radius 2 is 2.10 bits per heavy atom. The zero-order chi connectivity index (χ0) is 14.5. The minimum absolute atomic E-state index is 0.0914. The fourth-order valence-corrected chi connectivity index (χ4v) is 2.03. The van der Waals surface area contributed by atoms with Gasteiger partial charge in [0.2, 0.25) is 5.91 Å². The summed E-state index contributed by atoms with van der Waals surface area (Å²) in [5, 5.41) is 11.6. The summed E-state index contributed by atoms with van der Waals surface area (Å²) in [6, 6.07) is 6.82. The Labute approximate surface area is 117 Å². The second-order valence-electron chi connectivity index (χ2n) is 5.08. The third kappa shape index (κ3) is 3.98. The molecule has 0 aliphatic heterocycles. The molecule has 1 atom stereocenters. The monoisotopic (exact) mass is 277 g/mol. The first-order valence-electron chi connectivity index (χ1n) is 6.78. The number of carboxylic acids is 1. The molecule has 20 heavy (non-hydrogen) atoms. The summed E-state index contributed by atoms with van der Waals surface area (Å²) in [6.45, 7) is 2.18. The van der Waals surface area contributed by atoms with E-state index in [0.29, 0.717) is 0 Å². The molecule has 5 nitrogen and oxygen atoms in total. The summed E-state index contributed by atoms with van der Waals surface area (Å²) in [5.74, 6) is -0.399. The zero-order valence-corrected chi connectivity index (χ0v) is 11.5. The van der Waals surface area contributed by atoms with Gasteiger partial charge >= 0.3 is 5.97 Å². The molecule has 0 saturated heterocycles. The lowest BCUT2D eigenvalue weighted by Crippen LogP contribution is -2.42. The van der Waals surface area contributed by atoms with Gasteiger partial charge in [0.05, 0.1) is 13.0 Å². The Kier molecular flexibility index (Phi) is 4.61. The quantitative estimate of drug-likeness (QED) is 0.796. The highest BCUT2D eigenvalue weighted by atomic mass is 16.5. The molecule has 108 valence electrons. The van der Waals surface area contributed by atoms with Gasteiger partial charge in [-0.25, -0.2) is 4.79 Å². The van der Waals surface area contributed by atoms with Gasteiger partial charge in [-0.1, -0.05) is 18.2 Å². The Morgan fingerprint density at radius 3 is 2.70 bits per heavy atom. The van der Waals surface area contributed by atoms with Crippen molar-refractivity contribution in [1.82, 2.24) is 5.32 Å². The van der Waals surface area contributed by atoms with Gasteiger partial charge in [-0.05, 0) is 37.3 Å². The first kappa shape index (κ1) is 14.4. The van der Waals surface area contributed by atoms with Gasteiger partial charge in [0, 0.05) is 0 Å². The van der Waals surface area contributed by atoms with Crippen LogP contribution in [0.4, 0.5) is 0 Å². The number of ether oxygens (including phenoxy) is 1. The van der Waals surface area contributed by atoms with Crippen LogP contribution in [0.1, 0.15) is 24.8 Å². The molecule has 1 amide bonds. The van der Waals surface area contributed by atoms with Gasteiger partial charge in [-0.3, -0.25) is 4.79 Å². The van der Waals surface area contributed by atoms with Gasteiger partial charge in [-0.2, -0.15) is 0 Å². The van der Waals surface area contributed by atoms with Crippen molar-refractivity contribution in [1.29, 1.82) is 0 Å². The van der Waals surface area contributed by atoms with E-state index >= 15 is 0 Å². The lowest BCUT2D eigenvalue weighted by Gasteiger charge is -2.14. The normalized spacial score (nSPS) is 15.4. The summed E-state index contributed by atoms with van der Waals surface area (Å²) in [7, 11) is 0. The summed E-state index contributed by atoms with van der Waals surface area (Å²) >= 11 is 0. The molecule has 0 heterocycles. The van der Waals surface area contributed by atoms with Crippen molar-refractivity contribution >= 4 is 11.9 Å². The van der Waals surface area contributed by atoms with Crippen LogP contribution in [-0.2, 0) is 9.59 Å². The Balaban J connectivity index is 1.75. The predicted molar refractivity (Wildman–Crippen MR) is 73.6 cm³/mol. The molecule has 1 unspecified atom stereocenters. The molecule has 2 rings (SSSR count). The maximum absolute atomic E-state index is 11.7. The minimum atomic E-state index is -0.958. The number of nitrogens with one attached hydrogen (secondary N) is 1. The highest BCUT2D eigenvalue weighted by molar-refractivity contribution is 5.84. The third-order valence-corrected chi connectivity index (χ3v) is 3.36. The smallest absolute Gasteiger partial charge is 0.326 e. The topological polar surface area (TPSA) is 75.6 Å². The van der Waals surface area contributed by atoms with Gasteiger partial charge in [0.25, 0.3) is 0 Å². The lowest BCUT2D eigenvalue weighted by molar-refractivity contribution is -0.142. The maximum atomic E-state index is 11.7. The highest BCUT2D eigenvalue weighted by Crippen LogP contribution is 2.32. The number of hydrogen-bond acceptors (Lipinski definition) is 3. The fourth-order valence-electron chi connectivity index (χ4n) is 2.03. The number of aliphatic carboxylic acids is 1. The molecule has 1 fully saturated rings. The van der Waals surface area contributed by atoms with Crippen molar-refractivity contribution in [2.45, 2.75) is 32.2 Å². The van der Waals surface area contributed by atoms with Crippen LogP contribution in [-0.4, -0.2) is 29.6 Å². The average Bonchev–Trinajstić information content (AvgIpc) is 3.22. The van der Waals surface area contributed by atoms with E-state index in [0.717, 1.165) is 24.2 Å². The van der Waals surface area contributed by atoms with E-state index in [1.165, 1.54) is 0 Å². The number of aryl methyl sites for hydroxylation is 1. The summed E-state index contributed by atoms with van der Waals surface area (Å²) in [5.41, 5.74) is 1.01. The van der Waals surface area contributed by atoms with E-state index in [4.69, 9.17) is 9.84 Å². The van der Waals surface area contributed by atoms with Gasteiger partial charge < -0.3 is 15.2 Å². The third-order valence-electron chi connectivity index (χ3n) is 3.36. The molecule has 1 aliphatic rings. The molecule has 1 aromatic rings. The average molecular weight is 277 g/mol. The van der Waals surface area contributed by atoms with Crippen molar-refractivity contribution in [2.24, 2.45) is 5.92 Å². The maximum Gasteiger partial charge on any atom is 0.326 e. The number of carbonyl (C=O) groups is 2. The van der Waals surface area contributed by atoms with Crippen LogP contribution in [0.15, 0.2) is 24.3 Å². The number of benzene rings is 1. The molecular formula is C15H19NO4. The van der Waals surface area contributed by atoms with Crippen molar-refractivity contribution < 1.29 is 19.4 Å². The van der Waals surface area contributed by atoms with Crippen LogP contribution in [0, 0.1) is 12.8 Å². The van der Waals surface area contributed by atoms with Crippen molar-refractivity contribution in [3.63, 3.8) is 0 Å². The molecule has 0 radical (unpaired) electrons. The van der Waals surface area contributed by atoms with Gasteiger partial charge in [-0.15, -0.1) is 0 Å². The minimum Gasteiger partial charge on any atom is -0.493 e.